The first-order chi connectivity index (χ1) is 9.83. The van der Waals surface area contributed by atoms with Crippen molar-refractivity contribution in [3.8, 4) is 0 Å². The Bertz CT molecular complexity index is 565. The monoisotopic (exact) mass is 468 g/mol. The molecule has 1 unspecified atom stereocenters. The average Bonchev–Trinajstić information content (AvgIpc) is 2.39. The van der Waals surface area contributed by atoms with Crippen LogP contribution in [0.15, 0.2) is 18.2 Å². The molecule has 6 nitrogen and oxygen atoms in total. The summed E-state index contributed by atoms with van der Waals surface area (Å²) in [4.78, 5) is 34.3. The van der Waals surface area contributed by atoms with Gasteiger partial charge in [-0.05, 0) is 47.7 Å². The van der Waals surface area contributed by atoms with Crippen LogP contribution in [-0.4, -0.2) is 34.3 Å². The molecule has 0 saturated heterocycles. The first kappa shape index (κ1) is 17.9. The molecule has 0 aromatic heterocycles. The molecule has 114 valence electrons. The molecular weight excluding hydrogens is 455 g/mol. The number of aliphatic carboxylic acids is 1. The fourth-order valence-electron chi connectivity index (χ4n) is 1.61. The summed E-state index contributed by atoms with van der Waals surface area (Å²) in [5, 5.41) is 14.0. The normalized spacial score (nSPS) is 11.6. The molecule has 21 heavy (non-hydrogen) atoms. The van der Waals surface area contributed by atoms with Crippen molar-refractivity contribution in [3.05, 3.63) is 27.3 Å². The van der Waals surface area contributed by atoms with Crippen LogP contribution in [0.4, 0.5) is 5.69 Å². The van der Waals surface area contributed by atoms with E-state index < -0.39 is 17.9 Å². The van der Waals surface area contributed by atoms with Crippen LogP contribution in [0.5, 0.6) is 0 Å². The molecule has 0 radical (unpaired) electrons. The van der Waals surface area contributed by atoms with Crippen molar-refractivity contribution < 1.29 is 19.5 Å². The number of alkyl halides is 1. The molecule has 1 aromatic rings. The lowest BCUT2D eigenvalue weighted by Gasteiger charge is -2.15. The Morgan fingerprint density at radius 3 is 2.62 bits per heavy atom. The molecule has 2 amide bonds. The van der Waals surface area contributed by atoms with Crippen molar-refractivity contribution in [2.24, 2.45) is 0 Å². The highest BCUT2D eigenvalue weighted by Crippen LogP contribution is 2.19. The number of benzene rings is 1. The predicted octanol–water partition coefficient (Wildman–Crippen LogP) is 2.22. The fraction of sp³-hybridized carbons (Fsp3) is 0.308. The largest absolute Gasteiger partial charge is 0.481 e. The average molecular weight is 469 g/mol. The maximum absolute atomic E-state index is 12.2. The van der Waals surface area contributed by atoms with Crippen molar-refractivity contribution >= 4 is 62.0 Å². The first-order valence-electron chi connectivity index (χ1n) is 6.01. The van der Waals surface area contributed by atoms with Gasteiger partial charge in [-0.3, -0.25) is 14.4 Å². The summed E-state index contributed by atoms with van der Waals surface area (Å²) in [5.41, 5.74) is 0.688. The van der Waals surface area contributed by atoms with E-state index in [1.165, 1.54) is 0 Å². The van der Waals surface area contributed by atoms with Crippen LogP contribution in [0.1, 0.15) is 23.7 Å². The minimum Gasteiger partial charge on any atom is -0.481 e. The number of nitrogens with one attached hydrogen (secondary N) is 2. The summed E-state index contributed by atoms with van der Waals surface area (Å²) in [7, 11) is 0. The third-order valence-electron chi connectivity index (χ3n) is 2.48. The lowest BCUT2D eigenvalue weighted by atomic mass is 10.1. The highest BCUT2D eigenvalue weighted by atomic mass is 127. The second-order valence-electron chi connectivity index (χ2n) is 4.34. The van der Waals surface area contributed by atoms with Gasteiger partial charge in [-0.1, -0.05) is 15.9 Å². The highest BCUT2D eigenvalue weighted by molar-refractivity contribution is 14.1. The third kappa shape index (κ3) is 6.00. The first-order valence-corrected chi connectivity index (χ1v) is 8.21. The van der Waals surface area contributed by atoms with Gasteiger partial charge < -0.3 is 15.7 Å². The molecule has 0 aliphatic rings. The van der Waals surface area contributed by atoms with Gasteiger partial charge in [0, 0.05) is 9.61 Å². The van der Waals surface area contributed by atoms with Crippen molar-refractivity contribution in [2.45, 2.75) is 19.4 Å². The quantitative estimate of drug-likeness (QED) is 0.440. The minimum absolute atomic E-state index is 0.120. The number of anilines is 1. The van der Waals surface area contributed by atoms with E-state index in [1.54, 1.807) is 25.1 Å². The molecule has 3 N–H and O–H groups in total. The van der Waals surface area contributed by atoms with Crippen LogP contribution in [0.25, 0.3) is 0 Å². The lowest BCUT2D eigenvalue weighted by molar-refractivity contribution is -0.137. The molecule has 0 bridgehead atoms. The number of rotatable bonds is 6. The third-order valence-corrected chi connectivity index (χ3v) is 3.66. The molecule has 0 aliphatic carbocycles. The Morgan fingerprint density at radius 2 is 2.05 bits per heavy atom. The zero-order valence-corrected chi connectivity index (χ0v) is 14.9. The topological polar surface area (TPSA) is 95.5 Å². The molecule has 0 aliphatic heterocycles. The molecule has 0 saturated carbocycles. The molecule has 1 rings (SSSR count). The van der Waals surface area contributed by atoms with E-state index in [4.69, 9.17) is 5.11 Å². The Hall–Kier alpha value is -1.16. The van der Waals surface area contributed by atoms with Crippen LogP contribution in [0.3, 0.4) is 0 Å². The minimum atomic E-state index is -0.988. The van der Waals surface area contributed by atoms with E-state index in [2.05, 4.69) is 49.2 Å². The summed E-state index contributed by atoms with van der Waals surface area (Å²) < 4.78 is 0.834. The second kappa shape index (κ2) is 8.32. The molecule has 1 atom stereocenters. The maximum atomic E-state index is 12.2. The Balaban J connectivity index is 2.93. The number of hydrogen-bond donors (Lipinski definition) is 3. The molecular formula is C13H14BrIN2O4. The van der Waals surface area contributed by atoms with E-state index in [-0.39, 0.29) is 17.7 Å². The van der Waals surface area contributed by atoms with Crippen molar-refractivity contribution in [3.63, 3.8) is 0 Å². The van der Waals surface area contributed by atoms with Gasteiger partial charge in [0.1, 0.15) is 0 Å². The summed E-state index contributed by atoms with van der Waals surface area (Å²) in [6.45, 7) is 1.61. The number of carboxylic acid groups (broad SMARTS) is 1. The van der Waals surface area contributed by atoms with E-state index >= 15 is 0 Å². The van der Waals surface area contributed by atoms with E-state index in [0.717, 1.165) is 3.57 Å². The smallest absolute Gasteiger partial charge is 0.305 e. The zero-order valence-electron chi connectivity index (χ0n) is 11.2. The number of carboxylic acids is 1. The van der Waals surface area contributed by atoms with E-state index in [1.807, 2.05) is 0 Å². The van der Waals surface area contributed by atoms with E-state index in [9.17, 15) is 14.4 Å². The van der Waals surface area contributed by atoms with Crippen LogP contribution < -0.4 is 10.6 Å². The van der Waals surface area contributed by atoms with Gasteiger partial charge >= 0.3 is 5.97 Å². The summed E-state index contributed by atoms with van der Waals surface area (Å²) in [6.07, 6.45) is -0.168. The van der Waals surface area contributed by atoms with Gasteiger partial charge in [-0.25, -0.2) is 0 Å². The van der Waals surface area contributed by atoms with Gasteiger partial charge in [0.05, 0.1) is 23.0 Å². The van der Waals surface area contributed by atoms with E-state index in [0.29, 0.717) is 11.3 Å². The molecule has 0 spiro atoms. The summed E-state index contributed by atoms with van der Waals surface area (Å²) >= 11 is 5.09. The lowest BCUT2D eigenvalue weighted by Crippen LogP contribution is -2.34. The van der Waals surface area contributed by atoms with Crippen molar-refractivity contribution in [1.82, 2.24) is 5.32 Å². The van der Waals surface area contributed by atoms with Crippen molar-refractivity contribution in [2.75, 3.05) is 10.6 Å². The summed E-state index contributed by atoms with van der Waals surface area (Å²) in [6, 6.07) is 4.53. The Kier molecular flexibility index (Phi) is 7.09. The van der Waals surface area contributed by atoms with Crippen LogP contribution in [0, 0.1) is 3.57 Å². The SMILES string of the molecule is CC(CC(=O)O)NC(=O)c1cc(I)ccc1NC(=O)CBr. The van der Waals surface area contributed by atoms with Crippen molar-refractivity contribution in [1.29, 1.82) is 0 Å². The Morgan fingerprint density at radius 1 is 1.38 bits per heavy atom. The van der Waals surface area contributed by atoms with Gasteiger partial charge in [0.15, 0.2) is 0 Å². The molecule has 8 heteroatoms. The van der Waals surface area contributed by atoms with Gasteiger partial charge in [-0.15, -0.1) is 0 Å². The van der Waals surface area contributed by atoms with Crippen LogP contribution >= 0.6 is 38.5 Å². The highest BCUT2D eigenvalue weighted by Gasteiger charge is 2.17. The Labute approximate surface area is 143 Å². The van der Waals surface area contributed by atoms with Gasteiger partial charge in [0.25, 0.3) is 5.91 Å². The van der Waals surface area contributed by atoms with Crippen LogP contribution in [-0.2, 0) is 9.59 Å². The predicted molar refractivity (Wildman–Crippen MR) is 90.8 cm³/mol. The molecule has 1 aromatic carbocycles. The molecule has 0 fully saturated rings. The number of amides is 2. The standard InChI is InChI=1S/C13H14BrIN2O4/c1-7(4-12(19)20)16-13(21)9-5-8(15)2-3-10(9)17-11(18)6-14/h2-3,5,7H,4,6H2,1H3,(H,16,21)(H,17,18)(H,19,20). The number of carbonyl (C=O) groups excluding carboxylic acids is 2. The second-order valence-corrected chi connectivity index (χ2v) is 6.15. The van der Waals surface area contributed by atoms with Gasteiger partial charge in [0.2, 0.25) is 5.91 Å². The summed E-state index contributed by atoms with van der Waals surface area (Å²) in [5.74, 6) is -1.69. The molecule has 0 heterocycles. The zero-order chi connectivity index (χ0) is 16.0. The van der Waals surface area contributed by atoms with Crippen LogP contribution in [0.2, 0.25) is 0 Å². The maximum Gasteiger partial charge on any atom is 0.305 e. The number of halogens is 2. The number of hydrogen-bond acceptors (Lipinski definition) is 3. The number of carbonyl (C=O) groups is 3. The fourth-order valence-corrected chi connectivity index (χ4v) is 2.24. The van der Waals surface area contributed by atoms with Gasteiger partial charge in [-0.2, -0.15) is 0 Å².